The maximum atomic E-state index is 13.1. The van der Waals surface area contributed by atoms with Crippen LogP contribution in [0, 0.1) is 5.82 Å². The van der Waals surface area contributed by atoms with E-state index >= 15 is 0 Å². The van der Waals surface area contributed by atoms with E-state index < -0.39 is 15.8 Å². The van der Waals surface area contributed by atoms with Crippen molar-refractivity contribution in [3.05, 3.63) is 89.9 Å². The van der Waals surface area contributed by atoms with E-state index in [0.717, 1.165) is 17.7 Å². The lowest BCUT2D eigenvalue weighted by molar-refractivity contribution is 0.599. The third-order valence-corrected chi connectivity index (χ3v) is 5.64. The summed E-state index contributed by atoms with van der Waals surface area (Å²) in [5.41, 5.74) is 1.99. The van der Waals surface area contributed by atoms with Crippen LogP contribution in [0.2, 0.25) is 5.02 Å². The predicted molar refractivity (Wildman–Crippen MR) is 110 cm³/mol. The highest BCUT2D eigenvalue weighted by Gasteiger charge is 2.18. The number of nitrogens with one attached hydrogen (secondary N) is 1. The van der Waals surface area contributed by atoms with Crippen molar-refractivity contribution in [3.63, 3.8) is 0 Å². The molecule has 0 atom stereocenters. The van der Waals surface area contributed by atoms with Gasteiger partial charge in [0.2, 0.25) is 0 Å². The summed E-state index contributed by atoms with van der Waals surface area (Å²) >= 11 is 6.27. The smallest absolute Gasteiger partial charge is 0.263 e. The minimum Gasteiger partial charge on any atom is -0.263 e. The summed E-state index contributed by atoms with van der Waals surface area (Å²) in [5, 5.41) is 4.90. The van der Waals surface area contributed by atoms with Gasteiger partial charge >= 0.3 is 0 Å². The van der Waals surface area contributed by atoms with Gasteiger partial charge in [0, 0.05) is 0 Å². The van der Waals surface area contributed by atoms with Gasteiger partial charge in [0.05, 0.1) is 21.1 Å². The first-order chi connectivity index (χ1) is 13.4. The molecule has 0 saturated carbocycles. The monoisotopic (exact) mass is 417 g/mol. The van der Waals surface area contributed by atoms with E-state index in [1.54, 1.807) is 24.3 Å². The van der Waals surface area contributed by atoms with Gasteiger partial charge in [-0.2, -0.15) is 5.10 Å². The van der Waals surface area contributed by atoms with Gasteiger partial charge in [-0.1, -0.05) is 42.5 Å². The number of nitrogens with zero attached hydrogens (tertiary/aromatic N) is 2. The number of halogens is 2. The first kappa shape index (κ1) is 19.9. The molecule has 1 aromatic carbocycles. The molecular formula is C20H17ClFN3O2S. The minimum atomic E-state index is -3.93. The van der Waals surface area contributed by atoms with Gasteiger partial charge in [0.25, 0.3) is 10.0 Å². The molecule has 0 spiro atoms. The molecule has 0 bridgehead atoms. The Balaban J connectivity index is 2.07. The van der Waals surface area contributed by atoms with Gasteiger partial charge in [-0.3, -0.25) is 4.72 Å². The van der Waals surface area contributed by atoms with Crippen LogP contribution in [0.15, 0.2) is 78.2 Å². The zero-order chi connectivity index (χ0) is 20.3. The number of hydrogen-bond donors (Lipinski definition) is 1. The van der Waals surface area contributed by atoms with E-state index in [9.17, 15) is 12.8 Å². The largest absolute Gasteiger partial charge is 0.263 e. The fourth-order valence-corrected chi connectivity index (χ4v) is 3.81. The molecule has 5 nitrogen and oxygen atoms in total. The van der Waals surface area contributed by atoms with E-state index in [1.165, 1.54) is 22.7 Å². The van der Waals surface area contributed by atoms with Gasteiger partial charge in [-0.15, -0.1) is 0 Å². The quantitative estimate of drug-likeness (QED) is 0.569. The lowest BCUT2D eigenvalue weighted by atomic mass is 10.1. The first-order valence-electron chi connectivity index (χ1n) is 8.28. The molecule has 3 rings (SSSR count). The molecule has 3 aromatic rings. The van der Waals surface area contributed by atoms with Gasteiger partial charge in [-0.25, -0.2) is 17.3 Å². The van der Waals surface area contributed by atoms with Crippen LogP contribution in [0.25, 0.3) is 11.1 Å². The number of allylic oxidation sites excluding steroid dienone is 5. The fraction of sp³-hybridized carbons (Fsp3) is 0.0500. The van der Waals surface area contributed by atoms with Crippen molar-refractivity contribution in [2.75, 3.05) is 4.72 Å². The van der Waals surface area contributed by atoms with Gasteiger partial charge in [-0.05, 0) is 55.0 Å². The molecule has 0 aliphatic heterocycles. The minimum absolute atomic E-state index is 0.0626. The van der Waals surface area contributed by atoms with Crippen molar-refractivity contribution in [2.24, 2.45) is 0 Å². The number of rotatable bonds is 6. The van der Waals surface area contributed by atoms with Crippen LogP contribution in [-0.2, 0) is 10.0 Å². The SMILES string of the molecule is C=C/C=C\C(=C/C)c1cc2c(Cl)ccc(NS(=O)(=O)c3ccc(F)cc3)n2n1. The fourth-order valence-electron chi connectivity index (χ4n) is 2.57. The second-order valence-corrected chi connectivity index (χ2v) is 7.88. The topological polar surface area (TPSA) is 63.5 Å². The molecule has 0 aliphatic carbocycles. The van der Waals surface area contributed by atoms with E-state index in [-0.39, 0.29) is 10.7 Å². The summed E-state index contributed by atoms with van der Waals surface area (Å²) in [5.74, 6) is -0.311. The van der Waals surface area contributed by atoms with Crippen molar-refractivity contribution in [1.29, 1.82) is 0 Å². The molecule has 8 heteroatoms. The molecule has 144 valence electrons. The Bertz CT molecular complexity index is 1200. The highest BCUT2D eigenvalue weighted by atomic mass is 35.5. The van der Waals surface area contributed by atoms with E-state index in [2.05, 4.69) is 16.4 Å². The van der Waals surface area contributed by atoms with Crippen LogP contribution in [0.3, 0.4) is 0 Å². The molecule has 0 unspecified atom stereocenters. The summed E-state index contributed by atoms with van der Waals surface area (Å²) in [6.45, 7) is 5.51. The highest BCUT2D eigenvalue weighted by molar-refractivity contribution is 7.92. The van der Waals surface area contributed by atoms with Gasteiger partial charge in [0.15, 0.2) is 0 Å². The van der Waals surface area contributed by atoms with Crippen LogP contribution >= 0.6 is 11.6 Å². The number of benzene rings is 1. The van der Waals surface area contributed by atoms with Crippen LogP contribution < -0.4 is 4.72 Å². The predicted octanol–water partition coefficient (Wildman–Crippen LogP) is 5.07. The number of anilines is 1. The summed E-state index contributed by atoms with van der Waals surface area (Å²) in [6, 6.07) is 9.42. The normalized spacial score (nSPS) is 12.6. The second-order valence-electron chi connectivity index (χ2n) is 5.79. The molecule has 28 heavy (non-hydrogen) atoms. The van der Waals surface area contributed by atoms with Crippen molar-refractivity contribution in [3.8, 4) is 0 Å². The summed E-state index contributed by atoms with van der Waals surface area (Å²) in [4.78, 5) is -0.0626. The number of pyridine rings is 1. The Kier molecular flexibility index (Phi) is 5.67. The Morgan fingerprint density at radius 1 is 1.25 bits per heavy atom. The number of aromatic nitrogens is 2. The van der Waals surface area contributed by atoms with Crippen LogP contribution in [0.5, 0.6) is 0 Å². The number of sulfonamides is 1. The lowest BCUT2D eigenvalue weighted by Gasteiger charge is -2.10. The van der Waals surface area contributed by atoms with Crippen LogP contribution in [0.4, 0.5) is 10.2 Å². The Morgan fingerprint density at radius 3 is 2.61 bits per heavy atom. The lowest BCUT2D eigenvalue weighted by Crippen LogP contribution is -2.15. The van der Waals surface area contributed by atoms with Gasteiger partial charge < -0.3 is 0 Å². The molecule has 2 heterocycles. The summed E-state index contributed by atoms with van der Waals surface area (Å²) < 4.78 is 42.3. The molecule has 2 aromatic heterocycles. The van der Waals surface area contributed by atoms with Crippen molar-refractivity contribution in [1.82, 2.24) is 9.61 Å². The molecular weight excluding hydrogens is 401 g/mol. The summed E-state index contributed by atoms with van der Waals surface area (Å²) in [6.07, 6.45) is 7.14. The van der Waals surface area contributed by atoms with E-state index in [4.69, 9.17) is 11.6 Å². The molecule has 0 aliphatic rings. The Morgan fingerprint density at radius 2 is 1.96 bits per heavy atom. The third-order valence-electron chi connectivity index (χ3n) is 3.95. The zero-order valence-electron chi connectivity index (χ0n) is 14.9. The van der Waals surface area contributed by atoms with E-state index in [0.29, 0.717) is 16.2 Å². The highest BCUT2D eigenvalue weighted by Crippen LogP contribution is 2.27. The molecule has 0 radical (unpaired) electrons. The second kappa shape index (κ2) is 8.00. The standard InChI is InChI=1S/C20H17ClFN3O2S/c1-3-5-6-14(4-2)18-13-19-17(21)11-12-20(25(19)23-18)24-28(26,27)16-9-7-15(22)8-10-16/h3-13,24H,1H2,2H3/b6-5-,14-4+. The van der Waals surface area contributed by atoms with Crippen molar-refractivity contribution in [2.45, 2.75) is 11.8 Å². The maximum absolute atomic E-state index is 13.1. The van der Waals surface area contributed by atoms with Crippen LogP contribution in [-0.4, -0.2) is 18.0 Å². The average molecular weight is 418 g/mol. The number of fused-ring (bicyclic) bond motifs is 1. The zero-order valence-corrected chi connectivity index (χ0v) is 16.5. The Hall–Kier alpha value is -2.90. The molecule has 0 fully saturated rings. The molecule has 0 saturated heterocycles. The van der Waals surface area contributed by atoms with Crippen molar-refractivity contribution >= 4 is 38.5 Å². The summed E-state index contributed by atoms with van der Waals surface area (Å²) in [7, 11) is -3.93. The first-order valence-corrected chi connectivity index (χ1v) is 10.1. The third kappa shape index (κ3) is 4.00. The number of hydrogen-bond acceptors (Lipinski definition) is 3. The Labute approximate surface area is 167 Å². The van der Waals surface area contributed by atoms with Crippen molar-refractivity contribution < 1.29 is 12.8 Å². The average Bonchev–Trinajstić information content (AvgIpc) is 3.11. The molecule has 0 amide bonds. The van der Waals surface area contributed by atoms with E-state index in [1.807, 2.05) is 19.1 Å². The molecule has 1 N–H and O–H groups in total. The van der Waals surface area contributed by atoms with Gasteiger partial charge in [0.1, 0.15) is 11.6 Å². The van der Waals surface area contributed by atoms with Crippen LogP contribution in [0.1, 0.15) is 12.6 Å². The maximum Gasteiger partial charge on any atom is 0.263 e.